The molecule has 2 aromatic rings. The Morgan fingerprint density at radius 3 is 2.61 bits per heavy atom. The van der Waals surface area contributed by atoms with Crippen LogP contribution in [0.5, 0.6) is 17.2 Å². The van der Waals surface area contributed by atoms with Gasteiger partial charge in [-0.05, 0) is 31.2 Å². The van der Waals surface area contributed by atoms with Gasteiger partial charge in [-0.1, -0.05) is 0 Å². The van der Waals surface area contributed by atoms with Gasteiger partial charge in [-0.3, -0.25) is 9.69 Å². The number of likely N-dealkylation sites (tertiary alicyclic amines) is 1. The molecule has 1 aromatic carbocycles. The zero-order valence-corrected chi connectivity index (χ0v) is 13.0. The van der Waals surface area contributed by atoms with Gasteiger partial charge in [0.2, 0.25) is 5.43 Å². The maximum Gasteiger partial charge on any atom is 0.223 e. The Morgan fingerprint density at radius 1 is 1.26 bits per heavy atom. The molecule has 6 heteroatoms. The van der Waals surface area contributed by atoms with E-state index in [-0.39, 0.29) is 17.3 Å². The van der Waals surface area contributed by atoms with Crippen LogP contribution in [0.2, 0.25) is 0 Å². The molecule has 0 aliphatic carbocycles. The number of hydrogen-bond acceptors (Lipinski definition) is 5. The van der Waals surface area contributed by atoms with E-state index in [0.717, 1.165) is 30.3 Å². The van der Waals surface area contributed by atoms with Gasteiger partial charge in [-0.15, -0.1) is 0 Å². The number of benzene rings is 1. The summed E-state index contributed by atoms with van der Waals surface area (Å²) in [5.74, 6) is 1.41. The average molecular weight is 316 g/mol. The fourth-order valence-electron chi connectivity index (χ4n) is 2.54. The highest BCUT2D eigenvalue weighted by atomic mass is 16.5. The summed E-state index contributed by atoms with van der Waals surface area (Å²) in [4.78, 5) is 16.5. The fraction of sp³-hybridized carbons (Fsp3) is 0.353. The summed E-state index contributed by atoms with van der Waals surface area (Å²) < 4.78 is 11.3. The zero-order chi connectivity index (χ0) is 16.2. The van der Waals surface area contributed by atoms with E-state index in [1.165, 1.54) is 12.3 Å². The van der Waals surface area contributed by atoms with Gasteiger partial charge in [-0.2, -0.15) is 0 Å². The Balaban J connectivity index is 1.47. The first-order valence-corrected chi connectivity index (χ1v) is 7.66. The van der Waals surface area contributed by atoms with Crippen molar-refractivity contribution in [3.63, 3.8) is 0 Å². The molecular formula is C17H20N2O4. The van der Waals surface area contributed by atoms with Crippen LogP contribution in [-0.4, -0.2) is 40.8 Å². The van der Waals surface area contributed by atoms with E-state index in [2.05, 4.69) is 9.88 Å². The molecule has 0 radical (unpaired) electrons. The SMILES string of the molecule is CCOc1ccc(OC2CN(Cc3cc(=O)c(O)c[nH]3)C2)cc1. The Morgan fingerprint density at radius 2 is 1.96 bits per heavy atom. The lowest BCUT2D eigenvalue weighted by Crippen LogP contribution is -2.53. The van der Waals surface area contributed by atoms with Crippen LogP contribution in [0.1, 0.15) is 12.6 Å². The summed E-state index contributed by atoms with van der Waals surface area (Å²) in [6.07, 6.45) is 1.47. The fourth-order valence-corrected chi connectivity index (χ4v) is 2.54. The van der Waals surface area contributed by atoms with Crippen LogP contribution >= 0.6 is 0 Å². The van der Waals surface area contributed by atoms with E-state index in [4.69, 9.17) is 9.47 Å². The molecule has 122 valence electrons. The van der Waals surface area contributed by atoms with Crippen molar-refractivity contribution >= 4 is 0 Å². The molecule has 1 aliphatic heterocycles. The second kappa shape index (κ2) is 6.75. The summed E-state index contributed by atoms with van der Waals surface area (Å²) >= 11 is 0. The maximum atomic E-state index is 11.4. The van der Waals surface area contributed by atoms with Crippen molar-refractivity contribution in [2.75, 3.05) is 19.7 Å². The van der Waals surface area contributed by atoms with E-state index in [0.29, 0.717) is 13.2 Å². The summed E-state index contributed by atoms with van der Waals surface area (Å²) in [6.45, 7) is 4.84. The standard InChI is InChI=1S/C17H20N2O4/c1-2-22-13-3-5-14(6-4-13)23-15-10-19(11-15)9-12-7-16(20)17(21)8-18-12/h3-8,15,21H,2,9-11H2,1H3,(H,18,20). The van der Waals surface area contributed by atoms with E-state index < -0.39 is 0 Å². The van der Waals surface area contributed by atoms with Crippen LogP contribution in [0.3, 0.4) is 0 Å². The van der Waals surface area contributed by atoms with Crippen LogP contribution in [0.15, 0.2) is 41.3 Å². The van der Waals surface area contributed by atoms with Crippen LogP contribution < -0.4 is 14.9 Å². The minimum Gasteiger partial charge on any atom is -0.503 e. The number of hydrogen-bond donors (Lipinski definition) is 2. The molecule has 0 unspecified atom stereocenters. The molecule has 2 N–H and O–H groups in total. The summed E-state index contributed by atoms with van der Waals surface area (Å²) in [5.41, 5.74) is 0.425. The zero-order valence-electron chi connectivity index (χ0n) is 13.0. The molecule has 2 heterocycles. The molecular weight excluding hydrogens is 296 g/mol. The highest BCUT2D eigenvalue weighted by Gasteiger charge is 2.28. The van der Waals surface area contributed by atoms with Crippen LogP contribution in [0, 0.1) is 0 Å². The predicted molar refractivity (Wildman–Crippen MR) is 86.0 cm³/mol. The van der Waals surface area contributed by atoms with Crippen LogP contribution in [0.4, 0.5) is 0 Å². The third-order valence-corrected chi connectivity index (χ3v) is 3.71. The lowest BCUT2D eigenvalue weighted by molar-refractivity contribution is 0.0137. The monoisotopic (exact) mass is 316 g/mol. The second-order valence-electron chi connectivity index (χ2n) is 5.55. The molecule has 23 heavy (non-hydrogen) atoms. The van der Waals surface area contributed by atoms with Crippen LogP contribution in [-0.2, 0) is 6.54 Å². The first kappa shape index (κ1) is 15.4. The third-order valence-electron chi connectivity index (χ3n) is 3.71. The van der Waals surface area contributed by atoms with Crippen molar-refractivity contribution in [1.82, 2.24) is 9.88 Å². The molecule has 0 amide bonds. The number of aromatic hydroxyl groups is 1. The smallest absolute Gasteiger partial charge is 0.223 e. The van der Waals surface area contributed by atoms with Crippen molar-refractivity contribution in [2.24, 2.45) is 0 Å². The Labute approximate surface area is 134 Å². The Hall–Kier alpha value is -2.47. The largest absolute Gasteiger partial charge is 0.503 e. The molecule has 0 atom stereocenters. The predicted octanol–water partition coefficient (Wildman–Crippen LogP) is 1.74. The van der Waals surface area contributed by atoms with Gasteiger partial charge in [-0.25, -0.2) is 0 Å². The first-order valence-electron chi connectivity index (χ1n) is 7.66. The number of pyridine rings is 1. The van der Waals surface area contributed by atoms with E-state index >= 15 is 0 Å². The van der Waals surface area contributed by atoms with Gasteiger partial charge < -0.3 is 19.6 Å². The summed E-state index contributed by atoms with van der Waals surface area (Å²) in [5, 5.41) is 9.22. The highest BCUT2D eigenvalue weighted by Crippen LogP contribution is 2.22. The summed E-state index contributed by atoms with van der Waals surface area (Å²) in [6, 6.07) is 9.04. The first-order chi connectivity index (χ1) is 11.1. The molecule has 3 rings (SSSR count). The molecule has 0 bridgehead atoms. The van der Waals surface area contributed by atoms with Gasteiger partial charge in [0.05, 0.1) is 6.61 Å². The molecule has 0 saturated carbocycles. The number of aromatic nitrogens is 1. The number of aromatic amines is 1. The van der Waals surface area contributed by atoms with Gasteiger partial charge in [0.15, 0.2) is 5.75 Å². The number of ether oxygens (including phenoxy) is 2. The molecule has 1 saturated heterocycles. The lowest BCUT2D eigenvalue weighted by atomic mass is 10.1. The lowest BCUT2D eigenvalue weighted by Gasteiger charge is -2.38. The number of rotatable bonds is 6. The molecule has 1 aliphatic rings. The molecule has 0 spiro atoms. The minimum absolute atomic E-state index is 0.150. The van der Waals surface area contributed by atoms with E-state index in [1.54, 1.807) is 0 Å². The molecule has 1 aromatic heterocycles. The molecule has 1 fully saturated rings. The number of H-pyrrole nitrogens is 1. The van der Waals surface area contributed by atoms with Gasteiger partial charge in [0.25, 0.3) is 0 Å². The maximum absolute atomic E-state index is 11.4. The van der Waals surface area contributed by atoms with Gasteiger partial charge in [0.1, 0.15) is 17.6 Å². The van der Waals surface area contributed by atoms with Crippen molar-refractivity contribution in [3.05, 3.63) is 52.4 Å². The van der Waals surface area contributed by atoms with Gasteiger partial charge >= 0.3 is 0 Å². The van der Waals surface area contributed by atoms with Crippen molar-refractivity contribution < 1.29 is 14.6 Å². The number of nitrogens with zero attached hydrogens (tertiary/aromatic N) is 1. The minimum atomic E-state index is -0.360. The average Bonchev–Trinajstić information content (AvgIpc) is 2.51. The third kappa shape index (κ3) is 3.84. The Bertz CT molecular complexity index is 705. The normalized spacial score (nSPS) is 15.2. The second-order valence-corrected chi connectivity index (χ2v) is 5.55. The Kier molecular flexibility index (Phi) is 4.52. The van der Waals surface area contributed by atoms with Crippen molar-refractivity contribution in [3.8, 4) is 17.2 Å². The summed E-state index contributed by atoms with van der Waals surface area (Å²) in [7, 11) is 0. The van der Waals surface area contributed by atoms with Gasteiger partial charge in [0, 0.05) is 37.6 Å². The quantitative estimate of drug-likeness (QED) is 0.849. The van der Waals surface area contributed by atoms with E-state index in [1.807, 2.05) is 31.2 Å². The molecule has 6 nitrogen and oxygen atoms in total. The van der Waals surface area contributed by atoms with E-state index in [9.17, 15) is 9.90 Å². The van der Waals surface area contributed by atoms with Crippen LogP contribution in [0.25, 0.3) is 0 Å². The topological polar surface area (TPSA) is 74.8 Å². The highest BCUT2D eigenvalue weighted by molar-refractivity contribution is 5.31. The van der Waals surface area contributed by atoms with Crippen molar-refractivity contribution in [1.29, 1.82) is 0 Å². The number of nitrogens with one attached hydrogen (secondary N) is 1. The van der Waals surface area contributed by atoms with Crippen molar-refractivity contribution in [2.45, 2.75) is 19.6 Å².